The van der Waals surface area contributed by atoms with Crippen LogP contribution in [0.3, 0.4) is 0 Å². The van der Waals surface area contributed by atoms with Crippen molar-refractivity contribution >= 4 is 24.1 Å². The molecule has 0 bridgehead atoms. The van der Waals surface area contributed by atoms with Crippen LogP contribution in [-0.2, 0) is 4.79 Å². The molecule has 0 radical (unpaired) electrons. The van der Waals surface area contributed by atoms with Crippen molar-refractivity contribution in [2.24, 2.45) is 5.92 Å². The molecule has 2 heteroatoms. The zero-order valence-corrected chi connectivity index (χ0v) is 13.2. The minimum absolute atomic E-state index is 0.00790. The van der Waals surface area contributed by atoms with E-state index in [0.717, 1.165) is 19.3 Å². The van der Waals surface area contributed by atoms with Crippen molar-refractivity contribution in [1.29, 1.82) is 0 Å². The second-order valence-corrected chi connectivity index (χ2v) is 7.33. The first-order chi connectivity index (χ1) is 8.58. The molecular formula is C16H22OSe. The molecule has 0 aliphatic heterocycles. The van der Waals surface area contributed by atoms with Crippen LogP contribution in [0.1, 0.15) is 40.0 Å². The molecule has 0 fully saturated rings. The summed E-state index contributed by atoms with van der Waals surface area (Å²) < 4.78 is 1.60. The van der Waals surface area contributed by atoms with Crippen LogP contribution in [0.15, 0.2) is 42.0 Å². The Morgan fingerprint density at radius 2 is 1.94 bits per heavy atom. The monoisotopic (exact) mass is 310 g/mol. The Morgan fingerprint density at radius 1 is 1.28 bits per heavy atom. The van der Waals surface area contributed by atoms with Gasteiger partial charge in [-0.3, -0.25) is 0 Å². The number of hydrogen-bond donors (Lipinski definition) is 0. The summed E-state index contributed by atoms with van der Waals surface area (Å²) in [5.74, 6) is 0.499. The first-order valence-electron chi connectivity index (χ1n) is 6.47. The molecule has 0 amide bonds. The first-order valence-corrected chi connectivity index (χ1v) is 8.18. The van der Waals surface area contributed by atoms with Crippen molar-refractivity contribution in [2.45, 2.75) is 40.0 Å². The molecule has 18 heavy (non-hydrogen) atoms. The second kappa shape index (κ2) is 8.29. The van der Waals surface area contributed by atoms with E-state index in [4.69, 9.17) is 0 Å². The molecule has 0 saturated heterocycles. The molecule has 0 saturated carbocycles. The second-order valence-electron chi connectivity index (χ2n) is 4.96. The van der Waals surface area contributed by atoms with Gasteiger partial charge < -0.3 is 0 Å². The van der Waals surface area contributed by atoms with Gasteiger partial charge in [-0.1, -0.05) is 0 Å². The summed E-state index contributed by atoms with van der Waals surface area (Å²) in [6, 6.07) is 10.1. The van der Waals surface area contributed by atoms with Crippen molar-refractivity contribution in [1.82, 2.24) is 0 Å². The number of benzene rings is 1. The number of carbonyl (C=O) groups excluding carboxylic acids is 1. The van der Waals surface area contributed by atoms with Crippen LogP contribution in [-0.4, -0.2) is 19.6 Å². The number of carbonyl (C=O) groups is 1. The average molecular weight is 309 g/mol. The Morgan fingerprint density at radius 3 is 2.56 bits per heavy atom. The van der Waals surface area contributed by atoms with E-state index in [1.807, 2.05) is 30.3 Å². The third-order valence-corrected chi connectivity index (χ3v) is 4.59. The molecule has 1 unspecified atom stereocenters. The van der Waals surface area contributed by atoms with Gasteiger partial charge in [-0.05, 0) is 0 Å². The maximum atomic E-state index is 11.9. The third-order valence-electron chi connectivity index (χ3n) is 2.70. The summed E-state index contributed by atoms with van der Waals surface area (Å²) in [7, 11) is 0. The molecule has 1 rings (SSSR count). The molecule has 0 spiro atoms. The molecule has 0 aromatic heterocycles. The van der Waals surface area contributed by atoms with Gasteiger partial charge in [0.05, 0.1) is 0 Å². The number of rotatable bonds is 7. The van der Waals surface area contributed by atoms with E-state index in [1.54, 1.807) is 0 Å². The first kappa shape index (κ1) is 15.2. The van der Waals surface area contributed by atoms with Gasteiger partial charge in [0.2, 0.25) is 0 Å². The Labute approximate surface area is 117 Å². The molecule has 1 aromatic rings. The normalized spacial score (nSPS) is 11.9. The van der Waals surface area contributed by atoms with E-state index < -0.39 is 0 Å². The van der Waals surface area contributed by atoms with Crippen LogP contribution in [0.5, 0.6) is 0 Å². The van der Waals surface area contributed by atoms with Crippen LogP contribution in [0.2, 0.25) is 0 Å². The van der Waals surface area contributed by atoms with Gasteiger partial charge in [0, 0.05) is 0 Å². The van der Waals surface area contributed by atoms with E-state index in [2.05, 4.69) is 26.8 Å². The number of hydrogen-bond acceptors (Lipinski definition) is 1. The summed E-state index contributed by atoms with van der Waals surface area (Å²) in [4.78, 5) is 11.9. The standard InChI is InChI=1S/C16H22OSe/c1-13(2)8-7-9-14(3)12-16(17)18-15-10-5-4-6-11-15/h4-6,8,10-11,14H,7,9,12H2,1-3H3. The summed E-state index contributed by atoms with van der Waals surface area (Å²) in [6.45, 7) is 6.42. The van der Waals surface area contributed by atoms with Crippen molar-refractivity contribution in [3.63, 3.8) is 0 Å². The Kier molecular flexibility index (Phi) is 7.00. The SMILES string of the molecule is CC(C)=CCCC(C)CC(=O)[Se]c1ccccc1. The summed E-state index contributed by atoms with van der Waals surface area (Å²) in [5.41, 5.74) is 1.36. The van der Waals surface area contributed by atoms with E-state index >= 15 is 0 Å². The summed E-state index contributed by atoms with van der Waals surface area (Å²) in [5, 5.41) is 0. The van der Waals surface area contributed by atoms with Gasteiger partial charge in [0.1, 0.15) is 0 Å². The van der Waals surface area contributed by atoms with Gasteiger partial charge in [0.15, 0.2) is 0 Å². The average Bonchev–Trinajstić information content (AvgIpc) is 2.29. The third kappa shape index (κ3) is 6.78. The van der Waals surface area contributed by atoms with Crippen LogP contribution in [0.25, 0.3) is 0 Å². The van der Waals surface area contributed by atoms with Crippen molar-refractivity contribution in [3.8, 4) is 0 Å². The molecule has 1 nitrogen and oxygen atoms in total. The fourth-order valence-corrected chi connectivity index (χ4v) is 3.64. The minimum atomic E-state index is -0.00790. The molecule has 0 aliphatic carbocycles. The van der Waals surface area contributed by atoms with Crippen LogP contribution < -0.4 is 4.46 Å². The van der Waals surface area contributed by atoms with Crippen molar-refractivity contribution in [3.05, 3.63) is 42.0 Å². The summed E-state index contributed by atoms with van der Waals surface area (Å²) >= 11 is -0.00790. The molecular weight excluding hydrogens is 287 g/mol. The fourth-order valence-electron chi connectivity index (χ4n) is 1.70. The molecule has 0 aliphatic rings. The van der Waals surface area contributed by atoms with Gasteiger partial charge in [-0.15, -0.1) is 0 Å². The van der Waals surface area contributed by atoms with Gasteiger partial charge in [0.25, 0.3) is 0 Å². The van der Waals surface area contributed by atoms with Gasteiger partial charge in [-0.25, -0.2) is 0 Å². The zero-order chi connectivity index (χ0) is 13.4. The molecule has 1 atom stereocenters. The van der Waals surface area contributed by atoms with Crippen molar-refractivity contribution in [2.75, 3.05) is 0 Å². The number of allylic oxidation sites excluding steroid dienone is 2. The maximum absolute atomic E-state index is 11.9. The zero-order valence-electron chi connectivity index (χ0n) is 11.5. The molecule has 98 valence electrons. The predicted molar refractivity (Wildman–Crippen MR) is 79.3 cm³/mol. The van der Waals surface area contributed by atoms with E-state index in [9.17, 15) is 4.79 Å². The van der Waals surface area contributed by atoms with Gasteiger partial charge in [-0.2, -0.15) is 0 Å². The van der Waals surface area contributed by atoms with Crippen molar-refractivity contribution < 1.29 is 4.79 Å². The van der Waals surface area contributed by atoms with Crippen LogP contribution in [0.4, 0.5) is 0 Å². The molecule has 0 heterocycles. The Hall–Kier alpha value is -0.851. The van der Waals surface area contributed by atoms with E-state index in [-0.39, 0.29) is 15.0 Å². The molecule has 1 aromatic carbocycles. The predicted octanol–water partition coefficient (Wildman–Crippen LogP) is 3.32. The Balaban J connectivity index is 2.29. The van der Waals surface area contributed by atoms with E-state index in [1.165, 1.54) is 10.0 Å². The quantitative estimate of drug-likeness (QED) is 0.558. The topological polar surface area (TPSA) is 17.1 Å². The van der Waals surface area contributed by atoms with Gasteiger partial charge >= 0.3 is 117 Å². The Bertz CT molecular complexity index is 391. The van der Waals surface area contributed by atoms with Crippen LogP contribution >= 0.6 is 0 Å². The molecule has 0 N–H and O–H groups in total. The van der Waals surface area contributed by atoms with E-state index in [0.29, 0.717) is 10.6 Å². The fraction of sp³-hybridized carbons (Fsp3) is 0.438. The summed E-state index contributed by atoms with van der Waals surface area (Å²) in [6.07, 6.45) is 5.19. The van der Waals surface area contributed by atoms with Crippen LogP contribution in [0, 0.1) is 5.92 Å².